The van der Waals surface area contributed by atoms with Gasteiger partial charge in [-0.2, -0.15) is 4.31 Å². The molecule has 1 fully saturated rings. The van der Waals surface area contributed by atoms with Crippen molar-refractivity contribution in [2.75, 3.05) is 26.2 Å². The quantitative estimate of drug-likeness (QED) is 0.873. The molecule has 0 radical (unpaired) electrons. The van der Waals surface area contributed by atoms with Gasteiger partial charge in [-0.3, -0.25) is 9.69 Å². The van der Waals surface area contributed by atoms with Gasteiger partial charge in [-0.1, -0.05) is 17.7 Å². The van der Waals surface area contributed by atoms with Crippen molar-refractivity contribution in [2.45, 2.75) is 31.7 Å². The Hall–Kier alpha value is -1.44. The van der Waals surface area contributed by atoms with Crippen LogP contribution in [0.15, 0.2) is 23.1 Å². The Morgan fingerprint density at radius 3 is 2.27 bits per heavy atom. The summed E-state index contributed by atoms with van der Waals surface area (Å²) in [5.41, 5.74) is 7.10. The van der Waals surface area contributed by atoms with Crippen molar-refractivity contribution in [1.82, 2.24) is 9.21 Å². The highest BCUT2D eigenvalue weighted by atomic mass is 32.2. The lowest BCUT2D eigenvalue weighted by Gasteiger charge is -2.36. The van der Waals surface area contributed by atoms with E-state index in [1.54, 1.807) is 13.0 Å². The topological polar surface area (TPSA) is 83.7 Å². The van der Waals surface area contributed by atoms with Gasteiger partial charge in [0.15, 0.2) is 0 Å². The molecule has 1 unspecified atom stereocenters. The van der Waals surface area contributed by atoms with E-state index in [0.29, 0.717) is 31.1 Å². The number of aryl methyl sites for hydroxylation is 2. The first kappa shape index (κ1) is 16.9. The van der Waals surface area contributed by atoms with Crippen LogP contribution in [0.5, 0.6) is 0 Å². The van der Waals surface area contributed by atoms with Crippen molar-refractivity contribution >= 4 is 15.9 Å². The van der Waals surface area contributed by atoms with E-state index in [9.17, 15) is 13.2 Å². The number of primary amides is 1. The molecule has 7 heteroatoms. The number of rotatable bonds is 4. The van der Waals surface area contributed by atoms with Crippen LogP contribution in [0.1, 0.15) is 18.1 Å². The lowest BCUT2D eigenvalue weighted by atomic mass is 10.2. The molecule has 1 atom stereocenters. The van der Waals surface area contributed by atoms with Gasteiger partial charge in [-0.25, -0.2) is 8.42 Å². The lowest BCUT2D eigenvalue weighted by Crippen LogP contribution is -2.54. The number of benzene rings is 1. The average molecular weight is 325 g/mol. The Balaban J connectivity index is 2.14. The van der Waals surface area contributed by atoms with E-state index in [0.717, 1.165) is 11.1 Å². The highest BCUT2D eigenvalue weighted by Gasteiger charge is 2.31. The summed E-state index contributed by atoms with van der Waals surface area (Å²) in [7, 11) is -3.49. The summed E-state index contributed by atoms with van der Waals surface area (Å²) in [4.78, 5) is 13.5. The third-order valence-electron chi connectivity index (χ3n) is 4.18. The number of nitrogens with two attached hydrogens (primary N) is 1. The van der Waals surface area contributed by atoms with Crippen molar-refractivity contribution in [3.8, 4) is 0 Å². The first-order chi connectivity index (χ1) is 10.2. The minimum absolute atomic E-state index is 0.356. The number of carbonyl (C=O) groups excluding carboxylic acids is 1. The minimum Gasteiger partial charge on any atom is -0.368 e. The van der Waals surface area contributed by atoms with Crippen LogP contribution < -0.4 is 5.73 Å². The molecule has 22 heavy (non-hydrogen) atoms. The zero-order chi connectivity index (χ0) is 16.5. The van der Waals surface area contributed by atoms with Gasteiger partial charge in [0.2, 0.25) is 15.9 Å². The summed E-state index contributed by atoms with van der Waals surface area (Å²) in [5.74, 6) is -0.384. The second kappa shape index (κ2) is 6.36. The van der Waals surface area contributed by atoms with E-state index in [-0.39, 0.29) is 11.9 Å². The third kappa shape index (κ3) is 3.31. The predicted molar refractivity (Wildman–Crippen MR) is 84.9 cm³/mol. The van der Waals surface area contributed by atoms with E-state index >= 15 is 0 Å². The van der Waals surface area contributed by atoms with Crippen molar-refractivity contribution in [2.24, 2.45) is 5.73 Å². The molecule has 0 spiro atoms. The van der Waals surface area contributed by atoms with Crippen molar-refractivity contribution in [1.29, 1.82) is 0 Å². The number of hydrogen-bond donors (Lipinski definition) is 1. The van der Waals surface area contributed by atoms with Gasteiger partial charge in [0.05, 0.1) is 10.9 Å². The molecular formula is C15H23N3O3S. The highest BCUT2D eigenvalue weighted by Crippen LogP contribution is 2.22. The summed E-state index contributed by atoms with van der Waals surface area (Å²) < 4.78 is 27.0. The average Bonchev–Trinajstić information content (AvgIpc) is 2.46. The molecule has 2 rings (SSSR count). The van der Waals surface area contributed by atoms with Crippen LogP contribution in [0.25, 0.3) is 0 Å². The largest absolute Gasteiger partial charge is 0.368 e. The smallest absolute Gasteiger partial charge is 0.243 e. The van der Waals surface area contributed by atoms with Crippen molar-refractivity contribution in [3.63, 3.8) is 0 Å². The molecule has 1 aromatic carbocycles. The van der Waals surface area contributed by atoms with E-state index < -0.39 is 10.0 Å². The maximum absolute atomic E-state index is 12.7. The number of hydrogen-bond acceptors (Lipinski definition) is 4. The van der Waals surface area contributed by atoms with Crippen LogP contribution >= 0.6 is 0 Å². The van der Waals surface area contributed by atoms with Crippen LogP contribution in [-0.2, 0) is 14.8 Å². The zero-order valence-corrected chi connectivity index (χ0v) is 14.1. The van der Waals surface area contributed by atoms with Gasteiger partial charge in [-0.05, 0) is 32.4 Å². The molecule has 1 amide bonds. The fourth-order valence-electron chi connectivity index (χ4n) is 2.74. The normalized spacial score (nSPS) is 19.0. The Bertz CT molecular complexity index is 665. The molecule has 122 valence electrons. The van der Waals surface area contributed by atoms with Crippen LogP contribution in [0.4, 0.5) is 0 Å². The summed E-state index contributed by atoms with van der Waals surface area (Å²) in [5, 5.41) is 0. The Morgan fingerprint density at radius 1 is 1.18 bits per heavy atom. The summed E-state index contributed by atoms with van der Waals surface area (Å²) in [6.45, 7) is 7.25. The second-order valence-electron chi connectivity index (χ2n) is 5.79. The summed E-state index contributed by atoms with van der Waals surface area (Å²) in [6, 6.07) is 4.98. The zero-order valence-electron chi connectivity index (χ0n) is 13.2. The number of nitrogens with zero attached hydrogens (tertiary/aromatic N) is 2. The van der Waals surface area contributed by atoms with Gasteiger partial charge in [0.1, 0.15) is 0 Å². The van der Waals surface area contributed by atoms with Gasteiger partial charge >= 0.3 is 0 Å². The van der Waals surface area contributed by atoms with E-state index in [2.05, 4.69) is 0 Å². The molecule has 0 aliphatic carbocycles. The van der Waals surface area contributed by atoms with Crippen LogP contribution in [0, 0.1) is 13.8 Å². The maximum Gasteiger partial charge on any atom is 0.243 e. The molecule has 1 aromatic rings. The molecule has 0 aromatic heterocycles. The van der Waals surface area contributed by atoms with Gasteiger partial charge in [0.25, 0.3) is 0 Å². The summed E-state index contributed by atoms with van der Waals surface area (Å²) >= 11 is 0. The molecule has 1 heterocycles. The maximum atomic E-state index is 12.7. The van der Waals surface area contributed by atoms with E-state index in [1.165, 1.54) is 4.31 Å². The number of sulfonamides is 1. The number of carbonyl (C=O) groups is 1. The van der Waals surface area contributed by atoms with E-state index in [1.807, 2.05) is 30.9 Å². The highest BCUT2D eigenvalue weighted by molar-refractivity contribution is 7.89. The lowest BCUT2D eigenvalue weighted by molar-refractivity contribution is -0.123. The monoisotopic (exact) mass is 325 g/mol. The molecule has 1 saturated heterocycles. The van der Waals surface area contributed by atoms with Crippen LogP contribution in [0.2, 0.25) is 0 Å². The Morgan fingerprint density at radius 2 is 1.77 bits per heavy atom. The van der Waals surface area contributed by atoms with Gasteiger partial charge in [-0.15, -0.1) is 0 Å². The van der Waals surface area contributed by atoms with Crippen molar-refractivity contribution < 1.29 is 13.2 Å². The second-order valence-corrected chi connectivity index (χ2v) is 7.69. The molecule has 0 bridgehead atoms. The molecule has 1 aliphatic heterocycles. The van der Waals surface area contributed by atoms with E-state index in [4.69, 9.17) is 5.73 Å². The first-order valence-electron chi connectivity index (χ1n) is 7.34. The molecule has 6 nitrogen and oxygen atoms in total. The van der Waals surface area contributed by atoms with Gasteiger partial charge in [0, 0.05) is 26.2 Å². The number of amides is 1. The first-order valence-corrected chi connectivity index (χ1v) is 8.78. The van der Waals surface area contributed by atoms with Crippen LogP contribution in [0.3, 0.4) is 0 Å². The SMILES string of the molecule is Cc1ccc(S(=O)(=O)N2CCN(C(C)C(N)=O)CC2)c(C)c1. The fraction of sp³-hybridized carbons (Fsp3) is 0.533. The minimum atomic E-state index is -3.49. The summed E-state index contributed by atoms with van der Waals surface area (Å²) in [6.07, 6.45) is 0. The van der Waals surface area contributed by atoms with Gasteiger partial charge < -0.3 is 5.73 Å². The number of piperazine rings is 1. The Kier molecular flexibility index (Phi) is 4.89. The van der Waals surface area contributed by atoms with Crippen molar-refractivity contribution in [3.05, 3.63) is 29.3 Å². The standard InChI is InChI=1S/C15H23N3O3S/c1-11-4-5-14(12(2)10-11)22(20,21)18-8-6-17(7-9-18)13(3)15(16)19/h4-5,10,13H,6-9H2,1-3H3,(H2,16,19). The Labute approximate surface area is 131 Å². The fourth-order valence-corrected chi connectivity index (χ4v) is 4.37. The molecule has 0 saturated carbocycles. The molecule has 2 N–H and O–H groups in total. The predicted octanol–water partition coefficient (Wildman–Crippen LogP) is 0.484. The molecular weight excluding hydrogens is 302 g/mol. The van der Waals surface area contributed by atoms with Crippen LogP contribution in [-0.4, -0.2) is 55.8 Å². The molecule has 1 aliphatic rings. The third-order valence-corrected chi connectivity index (χ3v) is 6.24.